The number of fused-ring (bicyclic) bond motifs is 1. The number of benzene rings is 1. The molecule has 0 unspecified atom stereocenters. The number of aromatic nitrogens is 2. The standard InChI is InChI=1S/C22H28N4OS/c1-2-17(14-27)23-21-20-18(16-9-5-3-6-10-16)15-28-22(20)25-19(24-21)13-26-11-7-4-8-12-26/h3,5-6,9-10,15,17,27H,2,4,7-8,11-14H2,1H3,(H,23,24,25)/p+1/t17-/m0/s1. The van der Waals surface area contributed by atoms with Crippen LogP contribution in [0.25, 0.3) is 21.3 Å². The third-order valence-corrected chi connectivity index (χ3v) is 6.46. The lowest BCUT2D eigenvalue weighted by molar-refractivity contribution is -0.919. The van der Waals surface area contributed by atoms with Gasteiger partial charge >= 0.3 is 0 Å². The van der Waals surface area contributed by atoms with Gasteiger partial charge in [0.25, 0.3) is 0 Å². The largest absolute Gasteiger partial charge is 0.394 e. The van der Waals surface area contributed by atoms with Crippen LogP contribution in [0, 0.1) is 0 Å². The molecule has 6 heteroatoms. The lowest BCUT2D eigenvalue weighted by Crippen LogP contribution is -3.11. The first kappa shape index (κ1) is 19.3. The molecule has 5 nitrogen and oxygen atoms in total. The molecular formula is C22H29N4OS+. The fraction of sp³-hybridized carbons (Fsp3) is 0.455. The predicted octanol–water partition coefficient (Wildman–Crippen LogP) is 3.11. The van der Waals surface area contributed by atoms with E-state index in [1.807, 2.05) is 6.07 Å². The molecule has 1 atom stereocenters. The van der Waals surface area contributed by atoms with E-state index in [0.717, 1.165) is 40.4 Å². The number of nitrogens with one attached hydrogen (secondary N) is 2. The number of nitrogens with zero attached hydrogens (tertiary/aromatic N) is 2. The van der Waals surface area contributed by atoms with Gasteiger partial charge in [0.1, 0.15) is 17.2 Å². The Hall–Kier alpha value is -2.02. The van der Waals surface area contributed by atoms with E-state index >= 15 is 0 Å². The van der Waals surface area contributed by atoms with E-state index in [1.165, 1.54) is 37.9 Å². The topological polar surface area (TPSA) is 62.5 Å². The Morgan fingerprint density at radius 1 is 1.14 bits per heavy atom. The lowest BCUT2D eigenvalue weighted by atomic mass is 10.1. The second-order valence-corrected chi connectivity index (χ2v) is 8.46. The van der Waals surface area contributed by atoms with Gasteiger partial charge in [-0.3, -0.25) is 0 Å². The molecule has 0 saturated carbocycles. The molecule has 28 heavy (non-hydrogen) atoms. The van der Waals surface area contributed by atoms with Crippen LogP contribution < -0.4 is 10.2 Å². The van der Waals surface area contributed by atoms with Crippen molar-refractivity contribution in [3.05, 3.63) is 41.5 Å². The second kappa shape index (κ2) is 8.99. The van der Waals surface area contributed by atoms with Crippen LogP contribution in [0.2, 0.25) is 0 Å². The molecule has 0 aliphatic carbocycles. The summed E-state index contributed by atoms with van der Waals surface area (Å²) < 4.78 is 0. The summed E-state index contributed by atoms with van der Waals surface area (Å²) in [5, 5.41) is 16.5. The summed E-state index contributed by atoms with van der Waals surface area (Å²) in [6, 6.07) is 10.4. The summed E-state index contributed by atoms with van der Waals surface area (Å²) in [5.74, 6) is 1.76. The normalized spacial score (nSPS) is 16.4. The number of anilines is 1. The Morgan fingerprint density at radius 2 is 1.93 bits per heavy atom. The van der Waals surface area contributed by atoms with Gasteiger partial charge in [0.05, 0.1) is 31.1 Å². The Bertz CT molecular complexity index is 902. The number of aliphatic hydroxyl groups is 1. The maximum atomic E-state index is 9.72. The van der Waals surface area contributed by atoms with Gasteiger partial charge in [-0.2, -0.15) is 0 Å². The van der Waals surface area contributed by atoms with Crippen molar-refractivity contribution in [3.8, 4) is 11.1 Å². The first-order valence-electron chi connectivity index (χ1n) is 10.3. The smallest absolute Gasteiger partial charge is 0.187 e. The van der Waals surface area contributed by atoms with Crippen molar-refractivity contribution in [1.29, 1.82) is 0 Å². The van der Waals surface area contributed by atoms with Gasteiger partial charge in [0, 0.05) is 10.9 Å². The van der Waals surface area contributed by atoms with Crippen molar-refractivity contribution in [2.75, 3.05) is 25.0 Å². The summed E-state index contributed by atoms with van der Waals surface area (Å²) in [6.45, 7) is 5.46. The van der Waals surface area contributed by atoms with Gasteiger partial charge in [-0.15, -0.1) is 11.3 Å². The Kier molecular flexibility index (Phi) is 6.20. The predicted molar refractivity (Wildman–Crippen MR) is 116 cm³/mol. The van der Waals surface area contributed by atoms with Crippen LogP contribution in [0.5, 0.6) is 0 Å². The number of hydrogen-bond donors (Lipinski definition) is 3. The Labute approximate surface area is 170 Å². The molecule has 0 spiro atoms. The van der Waals surface area contributed by atoms with Gasteiger partial charge < -0.3 is 15.3 Å². The molecule has 4 rings (SSSR count). The number of quaternary nitrogens is 1. The highest BCUT2D eigenvalue weighted by atomic mass is 32.1. The van der Waals surface area contributed by atoms with E-state index in [4.69, 9.17) is 9.97 Å². The molecule has 3 heterocycles. The highest BCUT2D eigenvalue weighted by molar-refractivity contribution is 7.17. The van der Waals surface area contributed by atoms with Crippen molar-refractivity contribution in [2.45, 2.75) is 45.2 Å². The molecule has 1 saturated heterocycles. The molecule has 2 aromatic heterocycles. The second-order valence-electron chi connectivity index (χ2n) is 7.60. The van der Waals surface area contributed by atoms with E-state index < -0.39 is 0 Å². The van der Waals surface area contributed by atoms with E-state index in [0.29, 0.717) is 0 Å². The fourth-order valence-corrected chi connectivity index (χ4v) is 4.89. The average Bonchev–Trinajstić information content (AvgIpc) is 3.17. The van der Waals surface area contributed by atoms with Crippen molar-refractivity contribution in [1.82, 2.24) is 9.97 Å². The van der Waals surface area contributed by atoms with Gasteiger partial charge in [-0.25, -0.2) is 9.97 Å². The third-order valence-electron chi connectivity index (χ3n) is 5.59. The van der Waals surface area contributed by atoms with Gasteiger partial charge in [-0.1, -0.05) is 37.3 Å². The average molecular weight is 398 g/mol. The molecule has 3 aromatic rings. The number of thiophene rings is 1. The van der Waals surface area contributed by atoms with Crippen LogP contribution in [0.3, 0.4) is 0 Å². The Balaban J connectivity index is 1.75. The van der Waals surface area contributed by atoms with Crippen molar-refractivity contribution < 1.29 is 10.0 Å². The minimum atomic E-state index is -0.00296. The van der Waals surface area contributed by atoms with Crippen molar-refractivity contribution in [3.63, 3.8) is 0 Å². The summed E-state index contributed by atoms with van der Waals surface area (Å²) in [5.41, 5.74) is 2.33. The van der Waals surface area contributed by atoms with E-state index in [-0.39, 0.29) is 12.6 Å². The minimum Gasteiger partial charge on any atom is -0.394 e. The summed E-state index contributed by atoms with van der Waals surface area (Å²) in [7, 11) is 0. The highest BCUT2D eigenvalue weighted by Gasteiger charge is 2.20. The number of rotatable bonds is 7. The van der Waals surface area contributed by atoms with Crippen molar-refractivity contribution in [2.24, 2.45) is 0 Å². The highest BCUT2D eigenvalue weighted by Crippen LogP contribution is 2.37. The van der Waals surface area contributed by atoms with Crippen LogP contribution in [0.15, 0.2) is 35.7 Å². The van der Waals surface area contributed by atoms with Gasteiger partial charge in [-0.05, 0) is 31.2 Å². The van der Waals surface area contributed by atoms with Crippen LogP contribution >= 0.6 is 11.3 Å². The third kappa shape index (κ3) is 4.19. The number of piperidine rings is 1. The van der Waals surface area contributed by atoms with Crippen LogP contribution in [-0.2, 0) is 6.54 Å². The molecule has 1 aromatic carbocycles. The van der Waals surface area contributed by atoms with Crippen LogP contribution in [0.1, 0.15) is 38.4 Å². The summed E-state index contributed by atoms with van der Waals surface area (Å²) in [6.07, 6.45) is 4.78. The zero-order valence-corrected chi connectivity index (χ0v) is 17.3. The molecule has 1 fully saturated rings. The zero-order chi connectivity index (χ0) is 19.3. The van der Waals surface area contributed by atoms with E-state index in [1.54, 1.807) is 16.2 Å². The number of aliphatic hydroxyl groups excluding tert-OH is 1. The maximum Gasteiger partial charge on any atom is 0.187 e. The number of likely N-dealkylation sites (tertiary alicyclic amines) is 1. The fourth-order valence-electron chi connectivity index (χ4n) is 3.92. The van der Waals surface area contributed by atoms with Crippen molar-refractivity contribution >= 4 is 27.4 Å². The van der Waals surface area contributed by atoms with Crippen LogP contribution in [0.4, 0.5) is 5.82 Å². The molecule has 3 N–H and O–H groups in total. The molecule has 148 valence electrons. The summed E-state index contributed by atoms with van der Waals surface area (Å²) in [4.78, 5) is 12.5. The lowest BCUT2D eigenvalue weighted by Gasteiger charge is -2.23. The van der Waals surface area contributed by atoms with Gasteiger partial charge in [0.2, 0.25) is 0 Å². The zero-order valence-electron chi connectivity index (χ0n) is 16.4. The molecule has 1 aliphatic heterocycles. The van der Waals surface area contributed by atoms with E-state index in [9.17, 15) is 5.11 Å². The maximum absolute atomic E-state index is 9.72. The molecule has 0 radical (unpaired) electrons. The molecular weight excluding hydrogens is 368 g/mol. The molecule has 0 amide bonds. The SMILES string of the molecule is CC[C@@H](CO)Nc1nc(C[NH+]2CCCCC2)nc2scc(-c3ccccc3)c12. The van der Waals surface area contributed by atoms with Crippen LogP contribution in [-0.4, -0.2) is 40.8 Å². The summed E-state index contributed by atoms with van der Waals surface area (Å²) >= 11 is 1.68. The monoisotopic (exact) mass is 397 g/mol. The first-order chi connectivity index (χ1) is 13.8. The first-order valence-corrected chi connectivity index (χ1v) is 11.2. The Morgan fingerprint density at radius 3 is 2.64 bits per heavy atom. The number of hydrogen-bond acceptors (Lipinski definition) is 5. The molecule has 1 aliphatic rings. The quantitative estimate of drug-likeness (QED) is 0.573. The molecule has 0 bridgehead atoms. The van der Waals surface area contributed by atoms with E-state index in [2.05, 4.69) is 41.9 Å². The van der Waals surface area contributed by atoms with Gasteiger partial charge in [0.15, 0.2) is 5.82 Å². The minimum absolute atomic E-state index is 0.00296.